The lowest BCUT2D eigenvalue weighted by Gasteiger charge is -2.02. The first-order valence-corrected chi connectivity index (χ1v) is 4.21. The lowest BCUT2D eigenvalue weighted by molar-refractivity contribution is 1.19. The number of fused-ring (bicyclic) bond motifs is 1. The smallest absolute Gasteiger partial charge is 0.261 e. The van der Waals surface area contributed by atoms with Crippen molar-refractivity contribution in [2.75, 3.05) is 11.5 Å². The van der Waals surface area contributed by atoms with Crippen LogP contribution in [0.3, 0.4) is 0 Å². The molecule has 1 aromatic heterocycles. The molecule has 0 aliphatic carbocycles. The Balaban J connectivity index is 3.03. The van der Waals surface area contributed by atoms with Crippen molar-refractivity contribution in [3.05, 3.63) is 27.5 Å². The Morgan fingerprint density at radius 1 is 1.36 bits per heavy atom. The predicted molar refractivity (Wildman–Crippen MR) is 56.2 cm³/mol. The number of aromatic nitrogens is 2. The van der Waals surface area contributed by atoms with Gasteiger partial charge in [0.1, 0.15) is 0 Å². The monoisotopic (exact) mass is 210 g/mol. The molecule has 1 aromatic carbocycles. The summed E-state index contributed by atoms with van der Waals surface area (Å²) in [6.45, 7) is 0. The topological polar surface area (TPSA) is 97.8 Å². The van der Waals surface area contributed by atoms with Gasteiger partial charge in [-0.25, -0.2) is 4.98 Å². The van der Waals surface area contributed by atoms with Crippen molar-refractivity contribution in [3.8, 4) is 0 Å². The van der Waals surface area contributed by atoms with Crippen molar-refractivity contribution in [1.82, 2.24) is 9.97 Å². The van der Waals surface area contributed by atoms with Crippen molar-refractivity contribution < 1.29 is 0 Å². The summed E-state index contributed by atoms with van der Waals surface area (Å²) in [6.07, 6.45) is 0. The van der Waals surface area contributed by atoms with Gasteiger partial charge in [-0.3, -0.25) is 9.78 Å². The van der Waals surface area contributed by atoms with E-state index in [9.17, 15) is 4.79 Å². The van der Waals surface area contributed by atoms with Gasteiger partial charge in [-0.15, -0.1) is 0 Å². The van der Waals surface area contributed by atoms with Gasteiger partial charge < -0.3 is 11.5 Å². The van der Waals surface area contributed by atoms with Gasteiger partial charge in [-0.2, -0.15) is 0 Å². The SMILES string of the molecule is Nc1nc2ccc(N)c(Cl)c2c(=O)[nH]1. The maximum atomic E-state index is 11.5. The molecule has 0 atom stereocenters. The molecule has 1 heterocycles. The molecule has 6 heteroatoms. The Kier molecular flexibility index (Phi) is 1.82. The number of nitrogens with zero attached hydrogens (tertiary/aromatic N) is 1. The van der Waals surface area contributed by atoms with E-state index >= 15 is 0 Å². The van der Waals surface area contributed by atoms with Gasteiger partial charge in [-0.1, -0.05) is 11.6 Å². The van der Waals surface area contributed by atoms with Gasteiger partial charge in [0.2, 0.25) is 5.95 Å². The Morgan fingerprint density at radius 3 is 2.79 bits per heavy atom. The third-order valence-electron chi connectivity index (χ3n) is 1.86. The Morgan fingerprint density at radius 2 is 2.07 bits per heavy atom. The molecule has 2 rings (SSSR count). The molecule has 0 saturated heterocycles. The summed E-state index contributed by atoms with van der Waals surface area (Å²) in [6, 6.07) is 3.18. The fourth-order valence-electron chi connectivity index (χ4n) is 1.23. The van der Waals surface area contributed by atoms with Crippen LogP contribution >= 0.6 is 11.6 Å². The molecule has 2 aromatic rings. The largest absolute Gasteiger partial charge is 0.398 e. The molecule has 72 valence electrons. The number of anilines is 2. The summed E-state index contributed by atoms with van der Waals surface area (Å²) in [4.78, 5) is 17.7. The fraction of sp³-hybridized carbons (Fsp3) is 0. The van der Waals surface area contributed by atoms with E-state index < -0.39 is 0 Å². The van der Waals surface area contributed by atoms with Crippen LogP contribution in [0.2, 0.25) is 5.02 Å². The summed E-state index contributed by atoms with van der Waals surface area (Å²) in [5.41, 5.74) is 11.3. The second kappa shape index (κ2) is 2.88. The van der Waals surface area contributed by atoms with E-state index in [4.69, 9.17) is 23.1 Å². The van der Waals surface area contributed by atoms with E-state index in [2.05, 4.69) is 9.97 Å². The number of hydrogen-bond donors (Lipinski definition) is 3. The Hall–Kier alpha value is -1.75. The molecule has 0 unspecified atom stereocenters. The zero-order valence-corrected chi connectivity index (χ0v) is 7.80. The highest BCUT2D eigenvalue weighted by Crippen LogP contribution is 2.25. The average Bonchev–Trinajstić information content (AvgIpc) is 2.10. The number of hydrogen-bond acceptors (Lipinski definition) is 4. The Labute approximate surface area is 83.7 Å². The van der Waals surface area contributed by atoms with Gasteiger partial charge in [0, 0.05) is 0 Å². The first kappa shape index (κ1) is 8.83. The van der Waals surface area contributed by atoms with E-state index in [1.165, 1.54) is 0 Å². The fourth-order valence-corrected chi connectivity index (χ4v) is 1.47. The zero-order valence-electron chi connectivity index (χ0n) is 7.04. The number of nitrogen functional groups attached to an aromatic ring is 2. The van der Waals surface area contributed by atoms with Crippen LogP contribution in [0.1, 0.15) is 0 Å². The molecule has 14 heavy (non-hydrogen) atoms. The molecule has 0 amide bonds. The number of benzene rings is 1. The molecule has 0 radical (unpaired) electrons. The predicted octanol–water partition coefficient (Wildman–Crippen LogP) is 0.741. The van der Waals surface area contributed by atoms with Gasteiger partial charge in [0.25, 0.3) is 5.56 Å². The quantitative estimate of drug-likeness (QED) is 0.559. The standard InChI is InChI=1S/C8H7ClN4O/c9-6-3(10)1-2-4-5(6)7(14)13-8(11)12-4/h1-2H,10H2,(H3,11,12,13,14). The molecule has 0 fully saturated rings. The zero-order chi connectivity index (χ0) is 10.3. The highest BCUT2D eigenvalue weighted by molar-refractivity contribution is 6.37. The van der Waals surface area contributed by atoms with Crippen LogP contribution < -0.4 is 17.0 Å². The maximum Gasteiger partial charge on any atom is 0.261 e. The van der Waals surface area contributed by atoms with Crippen LogP contribution in [-0.2, 0) is 0 Å². The second-order valence-electron chi connectivity index (χ2n) is 2.81. The van der Waals surface area contributed by atoms with Gasteiger partial charge >= 0.3 is 0 Å². The van der Waals surface area contributed by atoms with E-state index in [-0.39, 0.29) is 21.9 Å². The van der Waals surface area contributed by atoms with Crippen LogP contribution in [0.5, 0.6) is 0 Å². The van der Waals surface area contributed by atoms with Gasteiger partial charge in [-0.05, 0) is 12.1 Å². The normalized spacial score (nSPS) is 10.6. The van der Waals surface area contributed by atoms with Crippen molar-refractivity contribution in [1.29, 1.82) is 0 Å². The minimum atomic E-state index is -0.384. The minimum absolute atomic E-state index is 0.0586. The van der Waals surface area contributed by atoms with E-state index in [1.54, 1.807) is 12.1 Å². The number of rotatable bonds is 0. The molecule has 0 saturated carbocycles. The summed E-state index contributed by atoms with van der Waals surface area (Å²) in [5.74, 6) is 0.0586. The molecule has 5 nitrogen and oxygen atoms in total. The lowest BCUT2D eigenvalue weighted by atomic mass is 10.2. The highest BCUT2D eigenvalue weighted by atomic mass is 35.5. The third-order valence-corrected chi connectivity index (χ3v) is 2.27. The highest BCUT2D eigenvalue weighted by Gasteiger charge is 2.08. The summed E-state index contributed by atoms with van der Waals surface area (Å²) < 4.78 is 0. The lowest BCUT2D eigenvalue weighted by Crippen LogP contribution is -2.12. The van der Waals surface area contributed by atoms with Crippen molar-refractivity contribution >= 4 is 34.1 Å². The summed E-state index contributed by atoms with van der Waals surface area (Å²) in [5, 5.41) is 0.470. The molecule has 5 N–H and O–H groups in total. The number of nitrogens with two attached hydrogens (primary N) is 2. The molecular weight excluding hydrogens is 204 g/mol. The number of aromatic amines is 1. The average molecular weight is 211 g/mol. The van der Waals surface area contributed by atoms with Crippen LogP contribution in [0.4, 0.5) is 11.6 Å². The van der Waals surface area contributed by atoms with Crippen molar-refractivity contribution in [2.24, 2.45) is 0 Å². The minimum Gasteiger partial charge on any atom is -0.398 e. The van der Waals surface area contributed by atoms with Crippen molar-refractivity contribution in [3.63, 3.8) is 0 Å². The van der Waals surface area contributed by atoms with Crippen LogP contribution in [0.15, 0.2) is 16.9 Å². The third kappa shape index (κ3) is 1.18. The van der Waals surface area contributed by atoms with E-state index in [0.717, 1.165) is 0 Å². The van der Waals surface area contributed by atoms with E-state index in [0.29, 0.717) is 11.2 Å². The van der Waals surface area contributed by atoms with E-state index in [1.807, 2.05) is 0 Å². The van der Waals surface area contributed by atoms with Gasteiger partial charge in [0.15, 0.2) is 0 Å². The first-order chi connectivity index (χ1) is 6.59. The van der Waals surface area contributed by atoms with Crippen LogP contribution in [-0.4, -0.2) is 9.97 Å². The molecule has 0 bridgehead atoms. The molecule has 0 spiro atoms. The summed E-state index contributed by atoms with van der Waals surface area (Å²) >= 11 is 5.86. The van der Waals surface area contributed by atoms with Crippen LogP contribution in [0, 0.1) is 0 Å². The number of H-pyrrole nitrogens is 1. The van der Waals surface area contributed by atoms with Crippen LogP contribution in [0.25, 0.3) is 10.9 Å². The van der Waals surface area contributed by atoms with Crippen molar-refractivity contribution in [2.45, 2.75) is 0 Å². The second-order valence-corrected chi connectivity index (χ2v) is 3.19. The molecule has 0 aliphatic rings. The molecule has 0 aliphatic heterocycles. The molecular formula is C8H7ClN4O. The maximum absolute atomic E-state index is 11.5. The Bertz CT molecular complexity index is 563. The number of nitrogens with one attached hydrogen (secondary N) is 1. The number of halogens is 1. The van der Waals surface area contributed by atoms with Gasteiger partial charge in [0.05, 0.1) is 21.6 Å². The first-order valence-electron chi connectivity index (χ1n) is 3.83. The summed E-state index contributed by atoms with van der Waals surface area (Å²) in [7, 11) is 0.